The quantitative estimate of drug-likeness (QED) is 0.0747. The number of unbranched alkanes of at least 4 members (excludes halogenated alkanes) is 9. The van der Waals surface area contributed by atoms with Gasteiger partial charge in [-0.15, -0.1) is 0 Å². The second-order valence-corrected chi connectivity index (χ2v) is 9.45. The average Bonchev–Trinajstić information content (AvgIpc) is 2.90. The third kappa shape index (κ3) is 26.7. The molecule has 5 nitrogen and oxygen atoms in total. The lowest BCUT2D eigenvalue weighted by Crippen LogP contribution is -2.28. The maximum atomic E-state index is 12.0. The van der Waals surface area contributed by atoms with E-state index in [4.69, 9.17) is 9.47 Å². The Morgan fingerprint density at radius 3 is 1.76 bits per heavy atom. The number of allylic oxidation sites excluding steroid dienone is 8. The van der Waals surface area contributed by atoms with Crippen molar-refractivity contribution in [1.29, 1.82) is 0 Å². The normalized spacial score (nSPS) is 12.8. The summed E-state index contributed by atoms with van der Waals surface area (Å²) in [5.41, 5.74) is 0. The molecule has 0 aromatic rings. The van der Waals surface area contributed by atoms with Crippen LogP contribution in [-0.4, -0.2) is 36.4 Å². The highest BCUT2D eigenvalue weighted by molar-refractivity contribution is 5.70. The van der Waals surface area contributed by atoms with Crippen LogP contribution >= 0.6 is 0 Å². The highest BCUT2D eigenvalue weighted by Gasteiger charge is 2.16. The standard InChI is InChI=1S/C32H54O5/c1-3-5-7-9-11-12-13-14-15-16-17-18-19-20-21-23-25-27-32(35)37-30(28-33)29-36-31(34)26-24-22-10-8-6-4-2/h5,7,11-12,14-15,17-18,30,33H,3-4,6,8-10,13,16,19-29H2,1-2H3/b7-5-,12-11-,15-14-,18-17-. The van der Waals surface area contributed by atoms with Crippen molar-refractivity contribution in [2.24, 2.45) is 0 Å². The van der Waals surface area contributed by atoms with Crippen LogP contribution < -0.4 is 0 Å². The van der Waals surface area contributed by atoms with Crippen molar-refractivity contribution in [3.05, 3.63) is 48.6 Å². The molecule has 0 saturated carbocycles. The topological polar surface area (TPSA) is 72.8 Å². The van der Waals surface area contributed by atoms with E-state index in [9.17, 15) is 14.7 Å². The molecule has 0 aliphatic carbocycles. The second kappa shape index (κ2) is 28.4. The van der Waals surface area contributed by atoms with Gasteiger partial charge in [-0.2, -0.15) is 0 Å². The van der Waals surface area contributed by atoms with Crippen molar-refractivity contribution in [2.75, 3.05) is 13.2 Å². The summed E-state index contributed by atoms with van der Waals surface area (Å²) in [7, 11) is 0. The van der Waals surface area contributed by atoms with E-state index in [1.54, 1.807) is 0 Å². The molecule has 0 aliphatic heterocycles. The van der Waals surface area contributed by atoms with E-state index in [2.05, 4.69) is 62.5 Å². The first-order chi connectivity index (χ1) is 18.1. The van der Waals surface area contributed by atoms with Crippen LogP contribution in [0.2, 0.25) is 0 Å². The summed E-state index contributed by atoms with van der Waals surface area (Å²) < 4.78 is 10.4. The first-order valence-corrected chi connectivity index (χ1v) is 14.7. The highest BCUT2D eigenvalue weighted by Crippen LogP contribution is 2.10. The van der Waals surface area contributed by atoms with Crippen molar-refractivity contribution in [3.8, 4) is 0 Å². The Kier molecular flexibility index (Phi) is 26.8. The maximum absolute atomic E-state index is 12.0. The Hall–Kier alpha value is -2.14. The Morgan fingerprint density at radius 2 is 1.16 bits per heavy atom. The molecule has 0 aromatic carbocycles. The van der Waals surface area contributed by atoms with Gasteiger partial charge < -0.3 is 14.6 Å². The molecular formula is C32H54O5. The molecule has 1 atom stereocenters. The van der Waals surface area contributed by atoms with Gasteiger partial charge in [-0.3, -0.25) is 9.59 Å². The second-order valence-electron chi connectivity index (χ2n) is 9.45. The molecule has 0 spiro atoms. The van der Waals surface area contributed by atoms with E-state index in [0.717, 1.165) is 77.0 Å². The fraction of sp³-hybridized carbons (Fsp3) is 0.688. The number of rotatable bonds is 25. The number of carbonyl (C=O) groups excluding carboxylic acids is 2. The van der Waals surface area contributed by atoms with Gasteiger partial charge in [0.05, 0.1) is 6.61 Å². The molecule has 0 heterocycles. The Bertz CT molecular complexity index is 648. The average molecular weight is 519 g/mol. The number of esters is 2. The smallest absolute Gasteiger partial charge is 0.306 e. The third-order valence-corrected chi connectivity index (χ3v) is 5.89. The first-order valence-electron chi connectivity index (χ1n) is 14.7. The van der Waals surface area contributed by atoms with Crippen molar-refractivity contribution in [2.45, 2.75) is 129 Å². The van der Waals surface area contributed by atoms with Gasteiger partial charge in [0.25, 0.3) is 0 Å². The molecule has 0 rings (SSSR count). The minimum absolute atomic E-state index is 0.0776. The van der Waals surface area contributed by atoms with E-state index in [1.807, 2.05) is 0 Å². The summed E-state index contributed by atoms with van der Waals surface area (Å²) >= 11 is 0. The summed E-state index contributed by atoms with van der Waals surface area (Å²) in [5.74, 6) is -0.636. The van der Waals surface area contributed by atoms with Gasteiger partial charge in [-0.1, -0.05) is 107 Å². The number of aliphatic hydroxyl groups is 1. The van der Waals surface area contributed by atoms with Crippen LogP contribution in [0.1, 0.15) is 123 Å². The summed E-state index contributed by atoms with van der Waals surface area (Å²) in [4.78, 5) is 23.8. The first kappa shape index (κ1) is 34.9. The van der Waals surface area contributed by atoms with E-state index in [0.29, 0.717) is 12.8 Å². The van der Waals surface area contributed by atoms with E-state index in [-0.39, 0.29) is 25.2 Å². The van der Waals surface area contributed by atoms with Crippen molar-refractivity contribution >= 4 is 11.9 Å². The summed E-state index contributed by atoms with van der Waals surface area (Å²) in [6.45, 7) is 3.90. The molecule has 0 amide bonds. The van der Waals surface area contributed by atoms with Crippen LogP contribution in [0.3, 0.4) is 0 Å². The van der Waals surface area contributed by atoms with Crippen LogP contribution in [0.15, 0.2) is 48.6 Å². The zero-order chi connectivity index (χ0) is 27.2. The van der Waals surface area contributed by atoms with Crippen LogP contribution in [0.5, 0.6) is 0 Å². The van der Waals surface area contributed by atoms with Crippen LogP contribution in [0.4, 0.5) is 0 Å². The lowest BCUT2D eigenvalue weighted by molar-refractivity contribution is -0.161. The maximum Gasteiger partial charge on any atom is 0.306 e. The zero-order valence-corrected chi connectivity index (χ0v) is 23.7. The van der Waals surface area contributed by atoms with Gasteiger partial charge in [0, 0.05) is 12.8 Å². The molecule has 0 radical (unpaired) electrons. The molecule has 0 aromatic heterocycles. The van der Waals surface area contributed by atoms with Crippen molar-refractivity contribution in [1.82, 2.24) is 0 Å². The third-order valence-electron chi connectivity index (χ3n) is 5.89. The molecule has 1 unspecified atom stereocenters. The largest absolute Gasteiger partial charge is 0.462 e. The minimum Gasteiger partial charge on any atom is -0.462 e. The SMILES string of the molecule is CC/C=C\C/C=C\C/C=C\C/C=C\CCCCCCC(=O)OC(CO)COC(=O)CCCCCCCC. The van der Waals surface area contributed by atoms with E-state index in [1.165, 1.54) is 19.3 Å². The molecule has 0 bridgehead atoms. The zero-order valence-electron chi connectivity index (χ0n) is 23.7. The minimum atomic E-state index is -0.779. The lowest BCUT2D eigenvalue weighted by atomic mass is 10.1. The van der Waals surface area contributed by atoms with Crippen LogP contribution in [-0.2, 0) is 19.1 Å². The molecule has 1 N–H and O–H groups in total. The molecule has 0 fully saturated rings. The van der Waals surface area contributed by atoms with Gasteiger partial charge >= 0.3 is 11.9 Å². The Balaban J connectivity index is 3.68. The van der Waals surface area contributed by atoms with Gasteiger partial charge in [0.2, 0.25) is 0 Å². The fourth-order valence-corrected chi connectivity index (χ4v) is 3.66. The van der Waals surface area contributed by atoms with E-state index < -0.39 is 6.10 Å². The van der Waals surface area contributed by atoms with Crippen molar-refractivity contribution < 1.29 is 24.2 Å². The van der Waals surface area contributed by atoms with Gasteiger partial charge in [0.1, 0.15) is 6.61 Å². The number of hydrogen-bond acceptors (Lipinski definition) is 5. The van der Waals surface area contributed by atoms with Crippen molar-refractivity contribution in [3.63, 3.8) is 0 Å². The molecular weight excluding hydrogens is 464 g/mol. The highest BCUT2D eigenvalue weighted by atomic mass is 16.6. The summed E-state index contributed by atoms with van der Waals surface area (Å²) in [6, 6.07) is 0. The predicted octanol–water partition coefficient (Wildman–Crippen LogP) is 8.33. The Labute approximate surface area is 227 Å². The Morgan fingerprint density at radius 1 is 0.649 bits per heavy atom. The molecule has 0 saturated heterocycles. The number of carbonyl (C=O) groups is 2. The number of ether oxygens (including phenoxy) is 2. The van der Waals surface area contributed by atoms with Crippen LogP contribution in [0, 0.1) is 0 Å². The number of aliphatic hydroxyl groups excluding tert-OH is 1. The molecule has 5 heteroatoms. The van der Waals surface area contributed by atoms with Gasteiger partial charge in [-0.05, 0) is 51.4 Å². The van der Waals surface area contributed by atoms with E-state index >= 15 is 0 Å². The number of hydrogen-bond donors (Lipinski definition) is 1. The lowest BCUT2D eigenvalue weighted by Gasteiger charge is -2.15. The molecule has 212 valence electrons. The summed E-state index contributed by atoms with van der Waals surface area (Å²) in [5, 5.41) is 9.42. The van der Waals surface area contributed by atoms with Gasteiger partial charge in [0.15, 0.2) is 6.10 Å². The monoisotopic (exact) mass is 518 g/mol. The summed E-state index contributed by atoms with van der Waals surface area (Å²) in [6.07, 6.45) is 33.2. The van der Waals surface area contributed by atoms with Gasteiger partial charge in [-0.25, -0.2) is 0 Å². The molecule has 0 aliphatic rings. The van der Waals surface area contributed by atoms with Crippen LogP contribution in [0.25, 0.3) is 0 Å². The fourth-order valence-electron chi connectivity index (χ4n) is 3.66. The molecule has 37 heavy (non-hydrogen) atoms. The predicted molar refractivity (Wildman–Crippen MR) is 154 cm³/mol.